The number of piperidine rings is 1. The van der Waals surface area contributed by atoms with Gasteiger partial charge in [0, 0.05) is 29.5 Å². The van der Waals surface area contributed by atoms with Crippen LogP contribution in [0.4, 0.5) is 4.79 Å². The molecule has 1 aliphatic heterocycles. The van der Waals surface area contributed by atoms with Crippen LogP contribution in [0.15, 0.2) is 59.1 Å². The highest BCUT2D eigenvalue weighted by Crippen LogP contribution is 2.33. The zero-order valence-electron chi connectivity index (χ0n) is 14.0. The number of carbonyl (C=O) groups is 1. The number of carbonyl (C=O) groups excluding carboxylic acids is 1. The Morgan fingerprint density at radius 2 is 1.88 bits per heavy atom. The number of halogens is 1. The van der Waals surface area contributed by atoms with E-state index in [-0.39, 0.29) is 11.4 Å². The highest BCUT2D eigenvalue weighted by atomic mass is 79.9. The lowest BCUT2D eigenvalue weighted by Gasteiger charge is -2.41. The molecule has 0 spiro atoms. The Labute approximate surface area is 152 Å². The first-order chi connectivity index (χ1) is 11.6. The molecule has 0 bridgehead atoms. The van der Waals surface area contributed by atoms with Crippen molar-refractivity contribution in [2.24, 2.45) is 0 Å². The van der Waals surface area contributed by atoms with Crippen LogP contribution >= 0.6 is 15.9 Å². The van der Waals surface area contributed by atoms with Crippen LogP contribution in [0.1, 0.15) is 30.9 Å². The molecule has 3 nitrogen and oxygen atoms in total. The first-order valence-corrected chi connectivity index (χ1v) is 9.19. The lowest BCUT2D eigenvalue weighted by atomic mass is 9.76. The van der Waals surface area contributed by atoms with Gasteiger partial charge in [0.2, 0.25) is 0 Å². The summed E-state index contributed by atoms with van der Waals surface area (Å²) in [4.78, 5) is 14.5. The predicted octanol–water partition coefficient (Wildman–Crippen LogP) is 4.71. The summed E-state index contributed by atoms with van der Waals surface area (Å²) in [5.74, 6) is 0. The van der Waals surface area contributed by atoms with Crippen LogP contribution in [0.2, 0.25) is 0 Å². The molecular formula is C20H23BrN2O. The molecule has 4 heteroatoms. The number of rotatable bonds is 3. The van der Waals surface area contributed by atoms with Gasteiger partial charge in [-0.2, -0.15) is 0 Å². The van der Waals surface area contributed by atoms with E-state index in [2.05, 4.69) is 52.4 Å². The number of benzene rings is 2. The van der Waals surface area contributed by atoms with Crippen molar-refractivity contribution in [2.75, 3.05) is 13.1 Å². The van der Waals surface area contributed by atoms with E-state index in [0.29, 0.717) is 6.54 Å². The molecule has 24 heavy (non-hydrogen) atoms. The Hall–Kier alpha value is -1.81. The van der Waals surface area contributed by atoms with Crippen molar-refractivity contribution < 1.29 is 4.79 Å². The highest BCUT2D eigenvalue weighted by molar-refractivity contribution is 9.10. The molecule has 1 unspecified atom stereocenters. The maximum absolute atomic E-state index is 12.6. The monoisotopic (exact) mass is 386 g/mol. The van der Waals surface area contributed by atoms with E-state index < -0.39 is 0 Å². The quantitative estimate of drug-likeness (QED) is 0.813. The van der Waals surface area contributed by atoms with Gasteiger partial charge in [-0.15, -0.1) is 0 Å². The summed E-state index contributed by atoms with van der Waals surface area (Å²) in [6.07, 6.45) is 2.16. The Bertz CT molecular complexity index is 687. The van der Waals surface area contributed by atoms with Gasteiger partial charge < -0.3 is 10.2 Å². The maximum atomic E-state index is 12.6. The molecule has 1 N–H and O–H groups in total. The Balaban J connectivity index is 1.62. The van der Waals surface area contributed by atoms with E-state index in [1.54, 1.807) is 0 Å². The summed E-state index contributed by atoms with van der Waals surface area (Å²) in [7, 11) is 0. The summed E-state index contributed by atoms with van der Waals surface area (Å²) >= 11 is 3.43. The van der Waals surface area contributed by atoms with Crippen molar-refractivity contribution in [1.29, 1.82) is 0 Å². The van der Waals surface area contributed by atoms with Gasteiger partial charge in [0.15, 0.2) is 0 Å². The number of hydrogen-bond donors (Lipinski definition) is 1. The number of likely N-dealkylation sites (tertiary alicyclic amines) is 1. The summed E-state index contributed by atoms with van der Waals surface area (Å²) in [5.41, 5.74) is 2.46. The van der Waals surface area contributed by atoms with Gasteiger partial charge in [0.25, 0.3) is 0 Å². The third-order valence-electron chi connectivity index (χ3n) is 4.81. The van der Waals surface area contributed by atoms with E-state index >= 15 is 0 Å². The van der Waals surface area contributed by atoms with Crippen LogP contribution in [-0.4, -0.2) is 24.0 Å². The molecule has 0 aliphatic carbocycles. The number of hydrogen-bond acceptors (Lipinski definition) is 1. The molecule has 2 amide bonds. The third-order valence-corrected chi connectivity index (χ3v) is 5.34. The maximum Gasteiger partial charge on any atom is 0.317 e. The van der Waals surface area contributed by atoms with Crippen molar-refractivity contribution in [3.8, 4) is 0 Å². The second-order valence-electron chi connectivity index (χ2n) is 6.74. The first kappa shape index (κ1) is 17.0. The number of nitrogens with zero attached hydrogens (tertiary/aromatic N) is 1. The Kier molecular flexibility index (Phi) is 5.24. The van der Waals surface area contributed by atoms with Crippen LogP contribution in [-0.2, 0) is 12.0 Å². The highest BCUT2D eigenvalue weighted by Gasteiger charge is 2.34. The van der Waals surface area contributed by atoms with Crippen LogP contribution in [0, 0.1) is 0 Å². The zero-order chi connectivity index (χ0) is 17.0. The summed E-state index contributed by atoms with van der Waals surface area (Å²) in [5, 5.41) is 3.05. The topological polar surface area (TPSA) is 32.3 Å². The molecule has 1 fully saturated rings. The molecule has 1 heterocycles. The largest absolute Gasteiger partial charge is 0.334 e. The van der Waals surface area contributed by atoms with Gasteiger partial charge in [-0.05, 0) is 36.1 Å². The van der Waals surface area contributed by atoms with Gasteiger partial charge in [-0.3, -0.25) is 0 Å². The van der Waals surface area contributed by atoms with Crippen molar-refractivity contribution in [1.82, 2.24) is 10.2 Å². The van der Waals surface area contributed by atoms with Crippen molar-refractivity contribution in [3.63, 3.8) is 0 Å². The van der Waals surface area contributed by atoms with Gasteiger partial charge >= 0.3 is 6.03 Å². The van der Waals surface area contributed by atoms with Crippen LogP contribution in [0.5, 0.6) is 0 Å². The van der Waals surface area contributed by atoms with E-state index in [1.807, 2.05) is 35.2 Å². The Morgan fingerprint density at radius 1 is 1.17 bits per heavy atom. The smallest absolute Gasteiger partial charge is 0.317 e. The fraction of sp³-hybridized carbons (Fsp3) is 0.350. The molecule has 2 aromatic carbocycles. The molecule has 0 aromatic heterocycles. The number of amides is 2. The van der Waals surface area contributed by atoms with Crippen LogP contribution in [0.3, 0.4) is 0 Å². The van der Waals surface area contributed by atoms with Gasteiger partial charge in [-0.1, -0.05) is 65.3 Å². The zero-order valence-corrected chi connectivity index (χ0v) is 15.6. The van der Waals surface area contributed by atoms with Crippen LogP contribution in [0.25, 0.3) is 0 Å². The van der Waals surface area contributed by atoms with E-state index in [1.165, 1.54) is 5.56 Å². The van der Waals surface area contributed by atoms with E-state index in [9.17, 15) is 4.79 Å². The van der Waals surface area contributed by atoms with Crippen molar-refractivity contribution in [3.05, 3.63) is 70.2 Å². The normalized spacial score (nSPS) is 20.7. The molecule has 126 valence electrons. The Morgan fingerprint density at radius 3 is 2.58 bits per heavy atom. The SMILES string of the molecule is CC1(c2ccccc2)CCCN(C(=O)NCc2ccc(Br)cc2)C1. The van der Waals surface area contributed by atoms with Gasteiger partial charge in [-0.25, -0.2) is 4.79 Å². The summed E-state index contributed by atoms with van der Waals surface area (Å²) in [6.45, 7) is 4.42. The number of urea groups is 1. The average molecular weight is 387 g/mol. The van der Waals surface area contributed by atoms with Crippen LogP contribution < -0.4 is 5.32 Å². The lowest BCUT2D eigenvalue weighted by molar-refractivity contribution is 0.155. The van der Waals surface area contributed by atoms with Gasteiger partial charge in [0.05, 0.1) is 0 Å². The summed E-state index contributed by atoms with van der Waals surface area (Å²) in [6, 6.07) is 18.6. The fourth-order valence-electron chi connectivity index (χ4n) is 3.38. The number of nitrogens with one attached hydrogen (secondary N) is 1. The second kappa shape index (κ2) is 7.39. The fourth-order valence-corrected chi connectivity index (χ4v) is 3.65. The minimum Gasteiger partial charge on any atom is -0.334 e. The first-order valence-electron chi connectivity index (χ1n) is 8.40. The molecule has 0 radical (unpaired) electrons. The third kappa shape index (κ3) is 3.99. The molecular weight excluding hydrogens is 364 g/mol. The molecule has 3 rings (SSSR count). The molecule has 0 saturated carbocycles. The lowest BCUT2D eigenvalue weighted by Crippen LogP contribution is -2.50. The van der Waals surface area contributed by atoms with Crippen molar-refractivity contribution in [2.45, 2.75) is 31.7 Å². The van der Waals surface area contributed by atoms with Gasteiger partial charge in [0.1, 0.15) is 0 Å². The predicted molar refractivity (Wildman–Crippen MR) is 101 cm³/mol. The molecule has 1 atom stereocenters. The van der Waals surface area contributed by atoms with E-state index in [0.717, 1.165) is 36.0 Å². The van der Waals surface area contributed by atoms with Crippen molar-refractivity contribution >= 4 is 22.0 Å². The average Bonchev–Trinajstić information content (AvgIpc) is 2.62. The van der Waals surface area contributed by atoms with E-state index in [4.69, 9.17) is 0 Å². The molecule has 1 aliphatic rings. The second-order valence-corrected chi connectivity index (χ2v) is 7.65. The molecule has 1 saturated heterocycles. The summed E-state index contributed by atoms with van der Waals surface area (Å²) < 4.78 is 1.05. The standard InChI is InChI=1S/C20H23BrN2O/c1-20(17-6-3-2-4-7-17)12-5-13-23(15-20)19(24)22-14-16-8-10-18(21)11-9-16/h2-4,6-11H,5,12-15H2,1H3,(H,22,24). The molecule has 2 aromatic rings. The minimum absolute atomic E-state index is 0.0276. The minimum atomic E-state index is 0.0276.